The lowest BCUT2D eigenvalue weighted by molar-refractivity contribution is -0.121. The molecule has 0 aromatic heterocycles. The first-order valence-corrected chi connectivity index (χ1v) is 6.84. The molecular weight excluding hydrogens is 230 g/mol. The van der Waals surface area contributed by atoms with Gasteiger partial charge in [-0.05, 0) is 38.6 Å². The van der Waals surface area contributed by atoms with E-state index in [0.717, 1.165) is 25.9 Å². The third kappa shape index (κ3) is 5.49. The number of rotatable bonds is 4. The standard InChI is InChI=1S/C13H25N3O2/c1-4-11(3)14-13(18)15-12(17)9-16-7-5-6-10(2)8-16/h10-11H,4-9H2,1-3H3,(H2,14,15,17,18)/t10-,11-/m0/s1. The summed E-state index contributed by atoms with van der Waals surface area (Å²) in [6, 6.07) is -0.299. The number of imide groups is 1. The fourth-order valence-electron chi connectivity index (χ4n) is 2.16. The van der Waals surface area contributed by atoms with Gasteiger partial charge < -0.3 is 5.32 Å². The minimum absolute atomic E-state index is 0.0906. The summed E-state index contributed by atoms with van der Waals surface area (Å²) in [5.74, 6) is 0.422. The predicted molar refractivity (Wildman–Crippen MR) is 71.3 cm³/mol. The Morgan fingerprint density at radius 1 is 1.44 bits per heavy atom. The van der Waals surface area contributed by atoms with E-state index in [9.17, 15) is 9.59 Å². The van der Waals surface area contributed by atoms with Gasteiger partial charge >= 0.3 is 6.03 Å². The fourth-order valence-corrected chi connectivity index (χ4v) is 2.16. The Kier molecular flexibility index (Phi) is 6.12. The van der Waals surface area contributed by atoms with Crippen molar-refractivity contribution in [2.45, 2.75) is 46.1 Å². The molecule has 104 valence electrons. The number of amides is 3. The predicted octanol–water partition coefficient (Wildman–Crippen LogP) is 1.34. The summed E-state index contributed by atoms with van der Waals surface area (Å²) < 4.78 is 0. The molecule has 0 bridgehead atoms. The van der Waals surface area contributed by atoms with Crippen molar-refractivity contribution in [2.24, 2.45) is 5.92 Å². The van der Waals surface area contributed by atoms with Crippen molar-refractivity contribution in [3.63, 3.8) is 0 Å². The number of piperidine rings is 1. The second kappa shape index (κ2) is 7.36. The molecule has 2 atom stereocenters. The summed E-state index contributed by atoms with van der Waals surface area (Å²) in [6.07, 6.45) is 3.21. The maximum atomic E-state index is 11.7. The molecule has 0 radical (unpaired) electrons. The fraction of sp³-hybridized carbons (Fsp3) is 0.846. The van der Waals surface area contributed by atoms with Gasteiger partial charge in [-0.2, -0.15) is 0 Å². The molecule has 0 unspecified atom stereocenters. The Bertz CT molecular complexity index is 294. The highest BCUT2D eigenvalue weighted by Crippen LogP contribution is 2.14. The summed E-state index contributed by atoms with van der Waals surface area (Å²) in [5.41, 5.74) is 0. The van der Waals surface area contributed by atoms with Crippen LogP contribution in [0.5, 0.6) is 0 Å². The van der Waals surface area contributed by atoms with Gasteiger partial charge in [-0.25, -0.2) is 4.79 Å². The molecule has 1 aliphatic heterocycles. The quantitative estimate of drug-likeness (QED) is 0.797. The van der Waals surface area contributed by atoms with Gasteiger partial charge in [0.15, 0.2) is 0 Å². The number of urea groups is 1. The molecule has 0 aliphatic carbocycles. The molecule has 0 saturated carbocycles. The molecule has 5 nitrogen and oxygen atoms in total. The minimum atomic E-state index is -0.389. The Morgan fingerprint density at radius 3 is 2.78 bits per heavy atom. The van der Waals surface area contributed by atoms with Crippen molar-refractivity contribution < 1.29 is 9.59 Å². The number of hydrogen-bond acceptors (Lipinski definition) is 3. The minimum Gasteiger partial charge on any atom is -0.335 e. The van der Waals surface area contributed by atoms with Gasteiger partial charge in [0.2, 0.25) is 5.91 Å². The van der Waals surface area contributed by atoms with Crippen molar-refractivity contribution in [1.82, 2.24) is 15.5 Å². The summed E-state index contributed by atoms with van der Waals surface area (Å²) in [6.45, 7) is 8.31. The van der Waals surface area contributed by atoms with Gasteiger partial charge in [-0.15, -0.1) is 0 Å². The van der Waals surface area contributed by atoms with Crippen LogP contribution in [0.3, 0.4) is 0 Å². The first-order valence-electron chi connectivity index (χ1n) is 6.84. The van der Waals surface area contributed by atoms with E-state index < -0.39 is 0 Å². The van der Waals surface area contributed by atoms with Crippen LogP contribution in [0.1, 0.15) is 40.0 Å². The van der Waals surface area contributed by atoms with Crippen molar-refractivity contribution >= 4 is 11.9 Å². The molecule has 1 rings (SSSR count). The number of carbonyl (C=O) groups is 2. The van der Waals surface area contributed by atoms with Crippen LogP contribution < -0.4 is 10.6 Å². The zero-order valence-corrected chi connectivity index (χ0v) is 11.7. The van der Waals surface area contributed by atoms with E-state index in [1.807, 2.05) is 13.8 Å². The van der Waals surface area contributed by atoms with Gasteiger partial charge in [0, 0.05) is 12.6 Å². The molecule has 3 amide bonds. The lowest BCUT2D eigenvalue weighted by atomic mass is 10.0. The third-order valence-electron chi connectivity index (χ3n) is 3.35. The maximum absolute atomic E-state index is 11.7. The zero-order valence-electron chi connectivity index (χ0n) is 11.7. The van der Waals surface area contributed by atoms with Crippen LogP contribution in [0, 0.1) is 5.92 Å². The van der Waals surface area contributed by atoms with Crippen LogP contribution in [0.15, 0.2) is 0 Å². The maximum Gasteiger partial charge on any atom is 0.321 e. The topological polar surface area (TPSA) is 61.4 Å². The highest BCUT2D eigenvalue weighted by Gasteiger charge is 2.19. The van der Waals surface area contributed by atoms with Crippen LogP contribution in [0.2, 0.25) is 0 Å². The first-order chi connectivity index (χ1) is 8.51. The summed E-state index contributed by atoms with van der Waals surface area (Å²) in [4.78, 5) is 25.3. The van der Waals surface area contributed by atoms with Gasteiger partial charge in [0.05, 0.1) is 6.54 Å². The van der Waals surface area contributed by atoms with Crippen molar-refractivity contribution in [3.05, 3.63) is 0 Å². The van der Waals surface area contributed by atoms with Crippen LogP contribution >= 0.6 is 0 Å². The molecule has 2 N–H and O–H groups in total. The van der Waals surface area contributed by atoms with E-state index >= 15 is 0 Å². The van der Waals surface area contributed by atoms with Crippen LogP contribution in [0.25, 0.3) is 0 Å². The third-order valence-corrected chi connectivity index (χ3v) is 3.35. The number of nitrogens with one attached hydrogen (secondary N) is 2. The summed E-state index contributed by atoms with van der Waals surface area (Å²) in [5, 5.41) is 5.09. The van der Waals surface area contributed by atoms with E-state index in [1.54, 1.807) is 0 Å². The van der Waals surface area contributed by atoms with E-state index in [1.165, 1.54) is 6.42 Å². The zero-order chi connectivity index (χ0) is 13.5. The largest absolute Gasteiger partial charge is 0.335 e. The van der Waals surface area contributed by atoms with E-state index in [0.29, 0.717) is 12.5 Å². The van der Waals surface area contributed by atoms with Gasteiger partial charge in [-0.3, -0.25) is 15.0 Å². The van der Waals surface area contributed by atoms with Crippen molar-refractivity contribution in [1.29, 1.82) is 0 Å². The van der Waals surface area contributed by atoms with E-state index in [4.69, 9.17) is 0 Å². The molecule has 0 aromatic rings. The van der Waals surface area contributed by atoms with Crippen molar-refractivity contribution in [3.8, 4) is 0 Å². The first kappa shape index (κ1) is 15.0. The smallest absolute Gasteiger partial charge is 0.321 e. The Hall–Kier alpha value is -1.10. The molecule has 18 heavy (non-hydrogen) atoms. The van der Waals surface area contributed by atoms with Gasteiger partial charge in [0.1, 0.15) is 0 Å². The highest BCUT2D eigenvalue weighted by molar-refractivity contribution is 5.95. The monoisotopic (exact) mass is 255 g/mol. The Labute approximate surface area is 109 Å². The van der Waals surface area contributed by atoms with Crippen molar-refractivity contribution in [2.75, 3.05) is 19.6 Å². The Morgan fingerprint density at radius 2 is 2.17 bits per heavy atom. The number of likely N-dealkylation sites (tertiary alicyclic amines) is 1. The number of carbonyl (C=O) groups excluding carboxylic acids is 2. The van der Waals surface area contributed by atoms with E-state index in [2.05, 4.69) is 22.5 Å². The van der Waals surface area contributed by atoms with Crippen LogP contribution in [-0.4, -0.2) is 42.5 Å². The molecule has 1 aliphatic rings. The molecule has 1 heterocycles. The normalized spacial score (nSPS) is 22.3. The average Bonchev–Trinajstić information content (AvgIpc) is 2.28. The number of nitrogens with zero attached hydrogens (tertiary/aromatic N) is 1. The molecule has 0 aromatic carbocycles. The second-order valence-electron chi connectivity index (χ2n) is 5.31. The van der Waals surface area contributed by atoms with Gasteiger partial charge in [-0.1, -0.05) is 13.8 Å². The highest BCUT2D eigenvalue weighted by atomic mass is 16.2. The molecule has 5 heteroatoms. The molecular formula is C13H25N3O2. The molecule has 0 spiro atoms. The molecule has 1 fully saturated rings. The second-order valence-corrected chi connectivity index (χ2v) is 5.31. The van der Waals surface area contributed by atoms with Gasteiger partial charge in [0.25, 0.3) is 0 Å². The average molecular weight is 255 g/mol. The van der Waals surface area contributed by atoms with E-state index in [-0.39, 0.29) is 18.0 Å². The lowest BCUT2D eigenvalue weighted by Crippen LogP contribution is -2.48. The van der Waals surface area contributed by atoms with Crippen LogP contribution in [0.4, 0.5) is 4.79 Å². The Balaban J connectivity index is 2.26. The SMILES string of the molecule is CC[C@H](C)NC(=O)NC(=O)CN1CCC[C@H](C)C1. The number of hydrogen-bond donors (Lipinski definition) is 2. The lowest BCUT2D eigenvalue weighted by Gasteiger charge is -2.30. The summed E-state index contributed by atoms with van der Waals surface area (Å²) >= 11 is 0. The summed E-state index contributed by atoms with van der Waals surface area (Å²) in [7, 11) is 0. The molecule has 1 saturated heterocycles. The van der Waals surface area contributed by atoms with Crippen LogP contribution in [-0.2, 0) is 4.79 Å².